The van der Waals surface area contributed by atoms with Gasteiger partial charge < -0.3 is 54.1 Å². The van der Waals surface area contributed by atoms with Crippen LogP contribution < -0.4 is 15.4 Å². The highest BCUT2D eigenvalue weighted by molar-refractivity contribution is 6.07. The van der Waals surface area contributed by atoms with E-state index in [4.69, 9.17) is 33.7 Å². The number of aromatic nitrogens is 4. The number of fused-ring (bicyclic) bond motifs is 6. The molecule has 2 aromatic heterocycles. The van der Waals surface area contributed by atoms with Crippen LogP contribution >= 0.6 is 0 Å². The van der Waals surface area contributed by atoms with Gasteiger partial charge in [-0.1, -0.05) is 25.1 Å². The van der Waals surface area contributed by atoms with Gasteiger partial charge in [-0.2, -0.15) is 0 Å². The number of carbonyl (C=O) groups is 4. The van der Waals surface area contributed by atoms with E-state index >= 15 is 0 Å². The number of hydrogen-bond donors (Lipinski definition) is 4. The number of carbonyl (C=O) groups excluding carboxylic acids is 4. The van der Waals surface area contributed by atoms with Crippen LogP contribution in [-0.4, -0.2) is 119 Å². The van der Waals surface area contributed by atoms with Crippen LogP contribution in [0.5, 0.6) is 5.75 Å². The summed E-state index contributed by atoms with van der Waals surface area (Å²) in [5.74, 6) is 1.60. The monoisotopic (exact) mass is 864 g/mol. The standard InChI is InChI=1S/C46H56N8O9/c1-9-29-13-17-35(54(29)44(56)39(25(4)60-6)52-46(58)62-8)41-47-21-34(49-41)27-11-14-30-28(18-27)22-63-37-20-31-26(19-32(30)37)12-15-33-40(31)50-42(48-33)36-16-10-23(2)53(36)43(55)38(24(3)59-5)51-45(57)61-7/h11-12,14-15,18-21,23-25,29,35-36,38-39H,9-10,13,16-17,22H2,1-8H3,(H,47,49)(H,48,50)(H,51,57)(H,52,58)/t23-,24+,25+,29-,35-,36-,38-,39-/m0/s1. The van der Waals surface area contributed by atoms with Crippen molar-refractivity contribution < 1.29 is 42.9 Å². The average molecular weight is 865 g/mol. The fourth-order valence-corrected chi connectivity index (χ4v) is 9.52. The van der Waals surface area contributed by atoms with Crippen molar-refractivity contribution >= 4 is 45.8 Å². The Morgan fingerprint density at radius 1 is 0.810 bits per heavy atom. The first-order valence-electron chi connectivity index (χ1n) is 21.6. The smallest absolute Gasteiger partial charge is 0.407 e. The second-order valence-electron chi connectivity index (χ2n) is 16.7. The lowest BCUT2D eigenvalue weighted by Crippen LogP contribution is -2.55. The molecule has 5 aromatic rings. The molecule has 0 bridgehead atoms. The summed E-state index contributed by atoms with van der Waals surface area (Å²) in [7, 11) is 5.54. The number of H-pyrrole nitrogens is 2. The summed E-state index contributed by atoms with van der Waals surface area (Å²) in [4.78, 5) is 73.1. The SMILES string of the molecule is CC[C@H]1CC[C@@H](c2ncc(-c3ccc4c(c3)COc3cc5c(ccc6[nH]c([C@@H]7CC[C@H](C)N7C(=O)[C@@H](NC(=O)OC)[C@@H](C)OC)nc65)cc3-4)[nH]2)N1C(=O)[C@@H](NC(=O)OC)[C@@H](C)OC. The minimum atomic E-state index is -0.938. The number of alkyl carbamates (subject to hydrolysis) is 2. The van der Waals surface area contributed by atoms with Crippen molar-refractivity contribution in [1.82, 2.24) is 40.4 Å². The summed E-state index contributed by atoms with van der Waals surface area (Å²) in [6.45, 7) is 7.90. The van der Waals surface area contributed by atoms with E-state index in [0.717, 1.165) is 81.2 Å². The van der Waals surface area contributed by atoms with Crippen molar-refractivity contribution in [2.45, 2.75) is 115 Å². The van der Waals surface area contributed by atoms with E-state index in [-0.39, 0.29) is 36.0 Å². The van der Waals surface area contributed by atoms with Gasteiger partial charge in [0.2, 0.25) is 11.8 Å². The second-order valence-corrected chi connectivity index (χ2v) is 16.7. The molecular weight excluding hydrogens is 809 g/mol. The normalized spacial score (nSPS) is 21.3. The second kappa shape index (κ2) is 17.9. The molecule has 17 nitrogen and oxygen atoms in total. The molecule has 5 heterocycles. The van der Waals surface area contributed by atoms with Crippen LogP contribution in [0.25, 0.3) is 44.2 Å². The number of nitrogens with one attached hydrogen (secondary N) is 4. The molecule has 0 radical (unpaired) electrons. The topological polar surface area (TPSA) is 202 Å². The molecule has 17 heteroatoms. The third kappa shape index (κ3) is 8.03. The van der Waals surface area contributed by atoms with Crippen molar-refractivity contribution in [3.63, 3.8) is 0 Å². The zero-order chi connectivity index (χ0) is 44.7. The van der Waals surface area contributed by atoms with Crippen LogP contribution in [-0.2, 0) is 35.1 Å². The number of aromatic amines is 2. The molecule has 3 aromatic carbocycles. The molecule has 63 heavy (non-hydrogen) atoms. The highest BCUT2D eigenvalue weighted by atomic mass is 16.5. The fourth-order valence-electron chi connectivity index (χ4n) is 9.52. The van der Waals surface area contributed by atoms with Crippen LogP contribution in [0.4, 0.5) is 9.59 Å². The van der Waals surface area contributed by atoms with E-state index < -0.39 is 36.5 Å². The van der Waals surface area contributed by atoms with Gasteiger partial charge in [0.1, 0.15) is 36.1 Å². The first-order chi connectivity index (χ1) is 30.4. The zero-order valence-corrected chi connectivity index (χ0v) is 36.9. The molecule has 8 rings (SSSR count). The van der Waals surface area contributed by atoms with Crippen LogP contribution in [0, 0.1) is 0 Å². The van der Waals surface area contributed by atoms with Crippen LogP contribution in [0.1, 0.15) is 89.1 Å². The van der Waals surface area contributed by atoms with Gasteiger partial charge in [0.15, 0.2) is 0 Å². The number of nitrogens with zero attached hydrogens (tertiary/aromatic N) is 4. The Hall–Kier alpha value is -6.20. The van der Waals surface area contributed by atoms with Crippen molar-refractivity contribution in [3.05, 3.63) is 65.9 Å². The van der Waals surface area contributed by atoms with Gasteiger partial charge in [0.25, 0.3) is 0 Å². The first kappa shape index (κ1) is 43.4. The number of amides is 4. The van der Waals surface area contributed by atoms with Crippen LogP contribution in [0.15, 0.2) is 48.7 Å². The van der Waals surface area contributed by atoms with E-state index in [1.807, 2.05) is 24.0 Å². The maximum atomic E-state index is 14.1. The Kier molecular flexibility index (Phi) is 12.3. The first-order valence-corrected chi connectivity index (χ1v) is 21.6. The fraction of sp³-hybridized carbons (Fsp3) is 0.478. The molecule has 8 atom stereocenters. The summed E-state index contributed by atoms with van der Waals surface area (Å²) in [5.41, 5.74) is 6.43. The number of benzene rings is 3. The van der Waals surface area contributed by atoms with Crippen molar-refractivity contribution in [2.24, 2.45) is 0 Å². The third-order valence-corrected chi connectivity index (χ3v) is 13.2. The summed E-state index contributed by atoms with van der Waals surface area (Å²) < 4.78 is 27.0. The molecule has 2 fully saturated rings. The molecule has 0 unspecified atom stereocenters. The predicted molar refractivity (Wildman–Crippen MR) is 234 cm³/mol. The Labute approximate surface area is 365 Å². The lowest BCUT2D eigenvalue weighted by Gasteiger charge is -2.34. The van der Waals surface area contributed by atoms with Gasteiger partial charge in [-0.15, -0.1) is 0 Å². The zero-order valence-electron chi connectivity index (χ0n) is 36.9. The van der Waals surface area contributed by atoms with Crippen molar-refractivity contribution in [1.29, 1.82) is 0 Å². The molecule has 3 aliphatic rings. The summed E-state index contributed by atoms with van der Waals surface area (Å²) >= 11 is 0. The van der Waals surface area contributed by atoms with Gasteiger partial charge in [-0.05, 0) is 99.2 Å². The van der Waals surface area contributed by atoms with E-state index in [2.05, 4.69) is 57.9 Å². The van der Waals surface area contributed by atoms with Gasteiger partial charge >= 0.3 is 12.2 Å². The van der Waals surface area contributed by atoms with Gasteiger partial charge in [-0.3, -0.25) is 9.59 Å². The number of methoxy groups -OCH3 is 4. The number of rotatable bonds is 12. The molecule has 2 saturated heterocycles. The van der Waals surface area contributed by atoms with Crippen molar-refractivity contribution in [3.8, 4) is 28.1 Å². The minimum absolute atomic E-state index is 0.0241. The molecule has 334 valence electrons. The quantitative estimate of drug-likeness (QED) is 0.104. The summed E-state index contributed by atoms with van der Waals surface area (Å²) in [5, 5.41) is 7.26. The van der Waals surface area contributed by atoms with Gasteiger partial charge in [0.05, 0.1) is 61.4 Å². The molecule has 4 N–H and O–H groups in total. The van der Waals surface area contributed by atoms with Gasteiger partial charge in [0, 0.05) is 37.3 Å². The average Bonchev–Trinajstić information content (AvgIpc) is 4.13. The largest absolute Gasteiger partial charge is 0.488 e. The molecule has 0 aliphatic carbocycles. The highest BCUT2D eigenvalue weighted by Gasteiger charge is 2.44. The Morgan fingerprint density at radius 3 is 2.14 bits per heavy atom. The van der Waals surface area contributed by atoms with E-state index in [1.165, 1.54) is 28.4 Å². The number of hydrogen-bond acceptors (Lipinski definition) is 11. The third-order valence-electron chi connectivity index (χ3n) is 13.2. The van der Waals surface area contributed by atoms with Gasteiger partial charge in [-0.25, -0.2) is 19.6 Å². The highest BCUT2D eigenvalue weighted by Crippen LogP contribution is 2.44. The lowest BCUT2D eigenvalue weighted by atomic mass is 9.92. The molecule has 0 saturated carbocycles. The summed E-state index contributed by atoms with van der Waals surface area (Å²) in [6.07, 6.45) is 2.99. The Bertz CT molecular complexity index is 2540. The predicted octanol–water partition coefficient (Wildman–Crippen LogP) is 6.68. The maximum Gasteiger partial charge on any atom is 0.407 e. The maximum absolute atomic E-state index is 14.1. The molecular formula is C46H56N8O9. The minimum Gasteiger partial charge on any atom is -0.488 e. The molecule has 0 spiro atoms. The number of ether oxygens (including phenoxy) is 5. The lowest BCUT2D eigenvalue weighted by molar-refractivity contribution is -0.140. The Balaban J connectivity index is 1.05. The number of imidazole rings is 2. The molecule has 4 amide bonds. The van der Waals surface area contributed by atoms with E-state index in [9.17, 15) is 19.2 Å². The number of likely N-dealkylation sites (tertiary alicyclic amines) is 2. The summed E-state index contributed by atoms with van der Waals surface area (Å²) in [6, 6.07) is 11.9. The molecule has 3 aliphatic heterocycles. The van der Waals surface area contributed by atoms with E-state index in [1.54, 1.807) is 24.9 Å². The van der Waals surface area contributed by atoms with E-state index in [0.29, 0.717) is 24.7 Å². The van der Waals surface area contributed by atoms with Crippen LogP contribution in [0.3, 0.4) is 0 Å². The van der Waals surface area contributed by atoms with Crippen molar-refractivity contribution in [2.75, 3.05) is 28.4 Å². The Morgan fingerprint density at radius 2 is 1.48 bits per heavy atom. The van der Waals surface area contributed by atoms with Crippen LogP contribution in [0.2, 0.25) is 0 Å².